The second-order valence-electron chi connectivity index (χ2n) is 5.29. The van der Waals surface area contributed by atoms with Gasteiger partial charge in [0.2, 0.25) is 0 Å². The molecule has 0 saturated carbocycles. The number of nitrogens with two attached hydrogens (primary N) is 1. The number of carbonyl (C=O) groups is 1. The van der Waals surface area contributed by atoms with Gasteiger partial charge in [-0.15, -0.1) is 11.3 Å². The fourth-order valence-corrected chi connectivity index (χ4v) is 3.69. The highest BCUT2D eigenvalue weighted by Crippen LogP contribution is 2.33. The van der Waals surface area contributed by atoms with Gasteiger partial charge in [0.05, 0.1) is 5.69 Å². The topological polar surface area (TPSA) is 58.4 Å². The number of anilines is 1. The summed E-state index contributed by atoms with van der Waals surface area (Å²) in [5, 5.41) is 3.51. The third kappa shape index (κ3) is 3.01. The summed E-state index contributed by atoms with van der Waals surface area (Å²) >= 11 is 1.31. The molecule has 3 rings (SSSR count). The smallest absolute Gasteiger partial charge is 0.263 e. The van der Waals surface area contributed by atoms with Gasteiger partial charge in [0, 0.05) is 23.2 Å². The van der Waals surface area contributed by atoms with Crippen LogP contribution >= 0.6 is 11.3 Å². The Balaban J connectivity index is 1.67. The van der Waals surface area contributed by atoms with E-state index >= 15 is 0 Å². The van der Waals surface area contributed by atoms with Gasteiger partial charge in [-0.25, -0.2) is 4.39 Å². The molecule has 112 valence electrons. The van der Waals surface area contributed by atoms with E-state index in [-0.39, 0.29) is 11.7 Å². The molecule has 0 radical (unpaired) electrons. The molecule has 6 heteroatoms. The number of nitrogens with one attached hydrogen (secondary N) is 1. The van der Waals surface area contributed by atoms with Crippen LogP contribution in [0.2, 0.25) is 0 Å². The molecule has 0 unspecified atom stereocenters. The zero-order valence-electron chi connectivity index (χ0n) is 11.7. The highest BCUT2D eigenvalue weighted by atomic mass is 32.1. The number of hydrogen-bond donors (Lipinski definition) is 2. The number of carbonyl (C=O) groups excluding carboxylic acids is 1. The van der Waals surface area contributed by atoms with Crippen molar-refractivity contribution < 1.29 is 9.18 Å². The Morgan fingerprint density at radius 1 is 1.38 bits per heavy atom. The van der Waals surface area contributed by atoms with Crippen LogP contribution in [-0.4, -0.2) is 37.0 Å². The third-order valence-corrected chi connectivity index (χ3v) is 4.99. The second kappa shape index (κ2) is 5.99. The Bertz CT molecular complexity index is 664. The zero-order chi connectivity index (χ0) is 14.8. The van der Waals surface area contributed by atoms with Crippen LogP contribution in [0.3, 0.4) is 0 Å². The van der Waals surface area contributed by atoms with Crippen LogP contribution in [0.4, 0.5) is 10.1 Å². The molecule has 0 atom stereocenters. The zero-order valence-corrected chi connectivity index (χ0v) is 12.5. The van der Waals surface area contributed by atoms with Gasteiger partial charge in [-0.3, -0.25) is 4.79 Å². The van der Waals surface area contributed by atoms with Crippen molar-refractivity contribution in [2.75, 3.05) is 31.9 Å². The number of likely N-dealkylation sites (tertiary alicyclic amines) is 1. The summed E-state index contributed by atoms with van der Waals surface area (Å²) in [6, 6.07) is 4.42. The molecule has 1 amide bonds. The van der Waals surface area contributed by atoms with Crippen LogP contribution in [-0.2, 0) is 0 Å². The lowest BCUT2D eigenvalue weighted by Crippen LogP contribution is -2.33. The molecule has 2 aromatic rings. The summed E-state index contributed by atoms with van der Waals surface area (Å²) in [7, 11) is 0. The van der Waals surface area contributed by atoms with Crippen molar-refractivity contribution in [1.29, 1.82) is 0 Å². The van der Waals surface area contributed by atoms with Crippen LogP contribution in [0.5, 0.6) is 0 Å². The van der Waals surface area contributed by atoms with Gasteiger partial charge in [-0.2, -0.15) is 0 Å². The molecule has 4 nitrogen and oxygen atoms in total. The standard InChI is InChI=1S/C15H18FN3OS/c16-10-3-4-12-11(9-10)13(17)14(21-12)15(20)18-5-8-19-6-1-2-7-19/h3-4,9H,1-2,5-8,17H2,(H,18,20). The monoisotopic (exact) mass is 307 g/mol. The number of halogens is 1. The number of amides is 1. The summed E-state index contributed by atoms with van der Waals surface area (Å²) in [5.74, 6) is -0.513. The van der Waals surface area contributed by atoms with E-state index in [0.29, 0.717) is 22.5 Å². The van der Waals surface area contributed by atoms with E-state index in [9.17, 15) is 9.18 Å². The molecule has 1 aromatic carbocycles. The van der Waals surface area contributed by atoms with E-state index in [1.807, 2.05) is 0 Å². The van der Waals surface area contributed by atoms with Crippen molar-refractivity contribution in [2.24, 2.45) is 0 Å². The lowest BCUT2D eigenvalue weighted by molar-refractivity contribution is 0.0954. The maximum absolute atomic E-state index is 13.2. The van der Waals surface area contributed by atoms with Crippen molar-refractivity contribution in [3.63, 3.8) is 0 Å². The Morgan fingerprint density at radius 2 is 2.14 bits per heavy atom. The van der Waals surface area contributed by atoms with Crippen molar-refractivity contribution in [2.45, 2.75) is 12.8 Å². The molecule has 1 saturated heterocycles. The van der Waals surface area contributed by atoms with Gasteiger partial charge >= 0.3 is 0 Å². The van der Waals surface area contributed by atoms with Crippen LogP contribution in [0, 0.1) is 5.82 Å². The van der Waals surface area contributed by atoms with Gasteiger partial charge in [0.25, 0.3) is 5.91 Å². The van der Waals surface area contributed by atoms with Crippen LogP contribution < -0.4 is 11.1 Å². The summed E-state index contributed by atoms with van der Waals surface area (Å²) in [6.45, 7) is 3.70. The summed E-state index contributed by atoms with van der Waals surface area (Å²) < 4.78 is 14.1. The molecular formula is C15H18FN3OS. The van der Waals surface area contributed by atoms with Gasteiger partial charge < -0.3 is 16.0 Å². The van der Waals surface area contributed by atoms with Crippen LogP contribution in [0.25, 0.3) is 10.1 Å². The minimum absolute atomic E-state index is 0.173. The first-order valence-electron chi connectivity index (χ1n) is 7.13. The predicted octanol–water partition coefficient (Wildman–Crippen LogP) is 2.45. The second-order valence-corrected chi connectivity index (χ2v) is 6.34. The number of nitrogen functional groups attached to an aromatic ring is 1. The highest BCUT2D eigenvalue weighted by Gasteiger charge is 2.17. The molecule has 0 spiro atoms. The fourth-order valence-electron chi connectivity index (χ4n) is 2.67. The lowest BCUT2D eigenvalue weighted by Gasteiger charge is -2.14. The quantitative estimate of drug-likeness (QED) is 0.912. The number of fused-ring (bicyclic) bond motifs is 1. The Labute approximate surface area is 126 Å². The van der Waals surface area contributed by atoms with Crippen LogP contribution in [0.15, 0.2) is 18.2 Å². The van der Waals surface area contributed by atoms with E-state index in [4.69, 9.17) is 5.73 Å². The summed E-state index contributed by atoms with van der Waals surface area (Å²) in [6.07, 6.45) is 2.48. The normalized spacial score (nSPS) is 15.7. The van der Waals surface area contributed by atoms with E-state index in [1.54, 1.807) is 6.07 Å². The fraction of sp³-hybridized carbons (Fsp3) is 0.400. The highest BCUT2D eigenvalue weighted by molar-refractivity contribution is 7.21. The average molecular weight is 307 g/mol. The van der Waals surface area contributed by atoms with E-state index in [0.717, 1.165) is 24.3 Å². The minimum Gasteiger partial charge on any atom is -0.397 e. The maximum atomic E-state index is 13.2. The Hall–Kier alpha value is -1.66. The molecule has 1 aliphatic heterocycles. The van der Waals surface area contributed by atoms with Crippen molar-refractivity contribution in [1.82, 2.24) is 10.2 Å². The van der Waals surface area contributed by atoms with E-state index in [2.05, 4.69) is 10.2 Å². The summed E-state index contributed by atoms with van der Waals surface area (Å²) in [5.41, 5.74) is 6.34. The number of benzene rings is 1. The predicted molar refractivity (Wildman–Crippen MR) is 84.2 cm³/mol. The molecular weight excluding hydrogens is 289 g/mol. The number of rotatable bonds is 4. The first-order valence-corrected chi connectivity index (χ1v) is 7.95. The summed E-state index contributed by atoms with van der Waals surface area (Å²) in [4.78, 5) is 15.0. The molecule has 0 bridgehead atoms. The van der Waals surface area contributed by atoms with Gasteiger partial charge in [-0.1, -0.05) is 0 Å². The number of nitrogens with zero attached hydrogens (tertiary/aromatic N) is 1. The van der Waals surface area contributed by atoms with E-state index < -0.39 is 0 Å². The molecule has 1 aliphatic rings. The molecule has 1 fully saturated rings. The van der Waals surface area contributed by atoms with Gasteiger partial charge in [0.1, 0.15) is 10.7 Å². The third-order valence-electron chi connectivity index (χ3n) is 3.81. The van der Waals surface area contributed by atoms with Gasteiger partial charge in [0.15, 0.2) is 0 Å². The largest absolute Gasteiger partial charge is 0.397 e. The lowest BCUT2D eigenvalue weighted by atomic mass is 10.2. The van der Waals surface area contributed by atoms with E-state index in [1.165, 1.54) is 36.3 Å². The number of hydrogen-bond acceptors (Lipinski definition) is 4. The molecule has 2 heterocycles. The Kier molecular flexibility index (Phi) is 4.07. The Morgan fingerprint density at radius 3 is 2.90 bits per heavy atom. The first kappa shape index (κ1) is 14.3. The minimum atomic E-state index is -0.340. The maximum Gasteiger partial charge on any atom is 0.263 e. The molecule has 1 aromatic heterocycles. The van der Waals surface area contributed by atoms with Crippen molar-refractivity contribution in [3.8, 4) is 0 Å². The molecule has 3 N–H and O–H groups in total. The van der Waals surface area contributed by atoms with Crippen molar-refractivity contribution in [3.05, 3.63) is 28.9 Å². The molecule has 0 aliphatic carbocycles. The van der Waals surface area contributed by atoms with Crippen molar-refractivity contribution >= 4 is 33.0 Å². The SMILES string of the molecule is Nc1c(C(=O)NCCN2CCCC2)sc2ccc(F)cc12. The average Bonchev–Trinajstić information content (AvgIpc) is 3.08. The molecule has 21 heavy (non-hydrogen) atoms. The first-order chi connectivity index (χ1) is 10.1. The van der Waals surface area contributed by atoms with Gasteiger partial charge in [-0.05, 0) is 44.1 Å². The number of thiophene rings is 1. The van der Waals surface area contributed by atoms with Crippen LogP contribution in [0.1, 0.15) is 22.5 Å².